The number of hydrogen-bond acceptors (Lipinski definition) is 4. The Morgan fingerprint density at radius 2 is 2.00 bits per heavy atom. The van der Waals surface area contributed by atoms with Gasteiger partial charge in [-0.2, -0.15) is 0 Å². The van der Waals surface area contributed by atoms with Gasteiger partial charge < -0.3 is 4.43 Å². The Kier molecular flexibility index (Phi) is 4.62. The number of hydrogen-bond donors (Lipinski definition) is 0. The van der Waals surface area contributed by atoms with Gasteiger partial charge in [-0.15, -0.1) is 11.8 Å². The molecule has 0 unspecified atom stereocenters. The van der Waals surface area contributed by atoms with Crippen molar-refractivity contribution in [3.8, 4) is 5.75 Å². The number of nitrogens with zero attached hydrogens (tertiary/aromatic N) is 1. The van der Waals surface area contributed by atoms with E-state index in [-0.39, 0.29) is 10.6 Å². The Labute approximate surface area is 114 Å². The van der Waals surface area contributed by atoms with Crippen LogP contribution in [0.3, 0.4) is 0 Å². The molecule has 0 heterocycles. The molecule has 4 nitrogen and oxygen atoms in total. The van der Waals surface area contributed by atoms with Crippen LogP contribution < -0.4 is 4.43 Å². The first kappa shape index (κ1) is 14.5. The molecular weight excluding hydrogens is 322 g/mol. The molecule has 0 bridgehead atoms. The lowest BCUT2D eigenvalue weighted by molar-refractivity contribution is -0.388. The van der Waals surface area contributed by atoms with Crippen molar-refractivity contribution in [2.24, 2.45) is 0 Å². The number of nitro benzene ring substituents is 1. The highest BCUT2D eigenvalue weighted by Gasteiger charge is 2.26. The average Bonchev–Trinajstić information content (AvgIpc) is 2.12. The van der Waals surface area contributed by atoms with E-state index in [2.05, 4.69) is 15.9 Å². The molecule has 0 fully saturated rings. The second-order valence-corrected chi connectivity index (χ2v) is 10.6. The van der Waals surface area contributed by atoms with Crippen LogP contribution in [0.1, 0.15) is 0 Å². The molecule has 0 aromatic heterocycles. The zero-order valence-electron chi connectivity index (χ0n) is 10.1. The van der Waals surface area contributed by atoms with Crippen LogP contribution in [-0.2, 0) is 0 Å². The molecule has 0 saturated heterocycles. The molecule has 7 heteroatoms. The summed E-state index contributed by atoms with van der Waals surface area (Å²) in [6, 6.07) is 3.40. The van der Waals surface area contributed by atoms with Crippen LogP contribution in [0, 0.1) is 10.1 Å². The number of rotatable bonds is 4. The number of nitro groups is 1. The number of benzene rings is 1. The third-order valence-electron chi connectivity index (χ3n) is 1.82. The van der Waals surface area contributed by atoms with Crippen molar-refractivity contribution in [3.05, 3.63) is 26.7 Å². The van der Waals surface area contributed by atoms with Crippen LogP contribution in [0.5, 0.6) is 5.75 Å². The highest BCUT2D eigenvalue weighted by Crippen LogP contribution is 2.40. The molecule has 0 N–H and O–H groups in total. The number of thioether (sulfide) groups is 1. The van der Waals surface area contributed by atoms with E-state index < -0.39 is 8.32 Å². The first-order valence-electron chi connectivity index (χ1n) is 4.95. The van der Waals surface area contributed by atoms with Gasteiger partial charge in [-0.1, -0.05) is 15.9 Å². The Bertz CT molecular complexity index is 448. The van der Waals surface area contributed by atoms with Crippen LogP contribution in [-0.4, -0.2) is 19.5 Å². The molecule has 0 radical (unpaired) electrons. The van der Waals surface area contributed by atoms with E-state index in [0.717, 1.165) is 4.47 Å². The Morgan fingerprint density at radius 3 is 2.41 bits per heavy atom. The van der Waals surface area contributed by atoms with Crippen molar-refractivity contribution >= 4 is 41.7 Å². The maximum atomic E-state index is 11.1. The van der Waals surface area contributed by atoms with Crippen LogP contribution in [0.2, 0.25) is 19.6 Å². The zero-order valence-corrected chi connectivity index (χ0v) is 13.5. The van der Waals surface area contributed by atoms with E-state index in [9.17, 15) is 10.1 Å². The molecule has 0 spiro atoms. The second-order valence-electron chi connectivity index (χ2n) is 4.43. The van der Waals surface area contributed by atoms with Crippen LogP contribution in [0.4, 0.5) is 5.69 Å². The topological polar surface area (TPSA) is 52.4 Å². The molecule has 0 aliphatic carbocycles. The van der Waals surface area contributed by atoms with Gasteiger partial charge in [0.1, 0.15) is 0 Å². The molecule has 1 rings (SSSR count). The quantitative estimate of drug-likeness (QED) is 0.356. The monoisotopic (exact) mass is 335 g/mol. The molecule has 0 amide bonds. The average molecular weight is 336 g/mol. The van der Waals surface area contributed by atoms with Crippen molar-refractivity contribution in [3.63, 3.8) is 0 Å². The van der Waals surface area contributed by atoms with Gasteiger partial charge >= 0.3 is 5.69 Å². The van der Waals surface area contributed by atoms with E-state index in [1.54, 1.807) is 12.1 Å². The van der Waals surface area contributed by atoms with Gasteiger partial charge in [-0.05, 0) is 32.0 Å². The minimum absolute atomic E-state index is 0.0584. The molecular formula is C10H14BrNO3SSi. The number of halogens is 1. The fraction of sp³-hybridized carbons (Fsp3) is 0.400. The molecule has 0 aliphatic heterocycles. The van der Waals surface area contributed by atoms with E-state index >= 15 is 0 Å². The van der Waals surface area contributed by atoms with Crippen LogP contribution in [0.15, 0.2) is 21.5 Å². The molecule has 0 atom stereocenters. The summed E-state index contributed by atoms with van der Waals surface area (Å²) in [4.78, 5) is 11.3. The van der Waals surface area contributed by atoms with E-state index in [4.69, 9.17) is 4.43 Å². The van der Waals surface area contributed by atoms with Crippen LogP contribution >= 0.6 is 27.7 Å². The van der Waals surface area contributed by atoms with E-state index in [0.29, 0.717) is 10.6 Å². The minimum Gasteiger partial charge on any atom is -0.540 e. The Morgan fingerprint density at radius 1 is 1.41 bits per heavy atom. The van der Waals surface area contributed by atoms with Crippen LogP contribution in [0.25, 0.3) is 0 Å². The third kappa shape index (κ3) is 4.00. The Hall–Kier alpha value is -0.533. The Balaban J connectivity index is 3.35. The molecule has 1 aromatic rings. The molecule has 0 saturated carbocycles. The first-order chi connectivity index (χ1) is 7.74. The molecule has 94 valence electrons. The maximum absolute atomic E-state index is 11.1. The molecule has 1 aromatic carbocycles. The first-order valence-corrected chi connectivity index (χ1v) is 10.4. The van der Waals surface area contributed by atoms with Gasteiger partial charge in [0.2, 0.25) is 8.32 Å². The summed E-state index contributed by atoms with van der Waals surface area (Å²) in [5, 5.41) is 11.1. The lowest BCUT2D eigenvalue weighted by Gasteiger charge is -2.19. The van der Waals surface area contributed by atoms with Crippen molar-refractivity contribution in [2.75, 3.05) is 6.26 Å². The third-order valence-corrected chi connectivity index (χ3v) is 3.86. The van der Waals surface area contributed by atoms with Gasteiger partial charge in [0.15, 0.2) is 5.75 Å². The maximum Gasteiger partial charge on any atom is 0.323 e. The molecule has 17 heavy (non-hydrogen) atoms. The predicted octanol–water partition coefficient (Wildman–Crippen LogP) is 4.29. The lowest BCUT2D eigenvalue weighted by Crippen LogP contribution is -2.29. The smallest absolute Gasteiger partial charge is 0.323 e. The van der Waals surface area contributed by atoms with E-state index in [1.807, 2.05) is 25.9 Å². The predicted molar refractivity (Wildman–Crippen MR) is 76.6 cm³/mol. The summed E-state index contributed by atoms with van der Waals surface area (Å²) in [5.41, 5.74) is 0.0584. The van der Waals surface area contributed by atoms with Gasteiger partial charge in [0, 0.05) is 10.5 Å². The standard InChI is InChI=1S/C10H14BrNO3SSi/c1-16-9-6-7(11)5-8(10(9)12(13)14)15-17(2,3)4/h5-6H,1-4H3. The minimum atomic E-state index is -1.87. The molecule has 0 aliphatic rings. The van der Waals surface area contributed by atoms with Crippen molar-refractivity contribution in [2.45, 2.75) is 24.5 Å². The summed E-state index contributed by atoms with van der Waals surface area (Å²) in [6.45, 7) is 5.99. The summed E-state index contributed by atoms with van der Waals surface area (Å²) in [5.74, 6) is 0.355. The summed E-state index contributed by atoms with van der Waals surface area (Å²) < 4.78 is 6.56. The largest absolute Gasteiger partial charge is 0.540 e. The zero-order chi connectivity index (χ0) is 13.2. The van der Waals surface area contributed by atoms with Crippen molar-refractivity contribution < 1.29 is 9.35 Å². The summed E-state index contributed by atoms with van der Waals surface area (Å²) >= 11 is 4.69. The van der Waals surface area contributed by atoms with Gasteiger partial charge in [0.05, 0.1) is 9.82 Å². The lowest BCUT2D eigenvalue weighted by atomic mass is 10.3. The normalized spacial score (nSPS) is 11.4. The van der Waals surface area contributed by atoms with E-state index in [1.165, 1.54) is 11.8 Å². The van der Waals surface area contributed by atoms with Crippen molar-refractivity contribution in [1.29, 1.82) is 0 Å². The fourth-order valence-electron chi connectivity index (χ4n) is 1.29. The van der Waals surface area contributed by atoms with Crippen molar-refractivity contribution in [1.82, 2.24) is 0 Å². The van der Waals surface area contributed by atoms with Gasteiger partial charge in [0.25, 0.3) is 0 Å². The van der Waals surface area contributed by atoms with Gasteiger partial charge in [-0.3, -0.25) is 10.1 Å². The fourth-order valence-corrected chi connectivity index (χ4v) is 3.31. The summed E-state index contributed by atoms with van der Waals surface area (Å²) in [7, 11) is -1.87. The SMILES string of the molecule is CSc1cc(Br)cc(O[Si](C)(C)C)c1[N+](=O)[O-]. The second kappa shape index (κ2) is 5.41. The highest BCUT2D eigenvalue weighted by atomic mass is 79.9. The summed E-state index contributed by atoms with van der Waals surface area (Å²) in [6.07, 6.45) is 1.81. The highest BCUT2D eigenvalue weighted by molar-refractivity contribution is 9.10. The van der Waals surface area contributed by atoms with Gasteiger partial charge in [-0.25, -0.2) is 0 Å².